The molecule has 0 unspecified atom stereocenters. The molecule has 2 amide bonds. The van der Waals surface area contributed by atoms with Gasteiger partial charge in [-0.2, -0.15) is 0 Å². The molecule has 5 rings (SSSR count). The lowest BCUT2D eigenvalue weighted by molar-refractivity contribution is -0.145. The topological polar surface area (TPSA) is 131 Å². The molecular weight excluding hydrogens is 426 g/mol. The number of amides is 2. The number of hydrogen-bond donors (Lipinski definition) is 3. The normalized spacial score (nSPS) is 18.5. The molecule has 9 nitrogen and oxygen atoms in total. The van der Waals surface area contributed by atoms with Crippen molar-refractivity contribution in [3.63, 3.8) is 0 Å². The first-order valence-electron chi connectivity index (χ1n) is 10.6. The molecule has 1 heterocycles. The van der Waals surface area contributed by atoms with E-state index in [1.165, 1.54) is 6.07 Å². The number of fused-ring (bicyclic) bond motifs is 3. The van der Waals surface area contributed by atoms with Gasteiger partial charge in [-0.15, -0.1) is 0 Å². The number of carbonyl (C=O) groups excluding carboxylic acids is 2. The highest BCUT2D eigenvalue weighted by Crippen LogP contribution is 2.44. The van der Waals surface area contributed by atoms with E-state index in [2.05, 4.69) is 27.9 Å². The summed E-state index contributed by atoms with van der Waals surface area (Å²) >= 11 is 0. The van der Waals surface area contributed by atoms with E-state index in [9.17, 15) is 14.4 Å². The summed E-state index contributed by atoms with van der Waals surface area (Å²) in [6.07, 6.45) is 0.0383. The standard InChI is InChI=1S/C24H21N3O6/c28-22(25-14-9-13(10-14)23(29)30)20-11-21(33-27-20)26-24(31)32-12-19-17-7-3-1-5-15(17)16-6-2-4-8-18(16)19/h1-8,11,13-14,19H,9-10,12H2,(H,25,28)(H,26,31)(H,29,30). The van der Waals surface area contributed by atoms with Crippen LogP contribution >= 0.6 is 0 Å². The number of rotatable bonds is 6. The first-order valence-corrected chi connectivity index (χ1v) is 10.6. The van der Waals surface area contributed by atoms with Gasteiger partial charge in [0.2, 0.25) is 5.88 Å². The Morgan fingerprint density at radius 2 is 1.67 bits per heavy atom. The van der Waals surface area contributed by atoms with Crippen LogP contribution in [0.4, 0.5) is 10.7 Å². The van der Waals surface area contributed by atoms with Crippen LogP contribution in [-0.4, -0.2) is 40.9 Å². The molecule has 1 fully saturated rings. The third kappa shape index (κ3) is 4.05. The summed E-state index contributed by atoms with van der Waals surface area (Å²) in [4.78, 5) is 35.4. The zero-order valence-corrected chi connectivity index (χ0v) is 17.5. The number of benzene rings is 2. The van der Waals surface area contributed by atoms with E-state index in [1.54, 1.807) is 0 Å². The van der Waals surface area contributed by atoms with Gasteiger partial charge in [0, 0.05) is 18.0 Å². The molecule has 3 aromatic rings. The molecule has 0 aliphatic heterocycles. The molecular formula is C24H21N3O6. The molecule has 2 aliphatic carbocycles. The fourth-order valence-corrected chi connectivity index (χ4v) is 4.37. The Morgan fingerprint density at radius 1 is 1.03 bits per heavy atom. The molecule has 2 aliphatic rings. The van der Waals surface area contributed by atoms with E-state index < -0.39 is 23.9 Å². The second-order valence-electron chi connectivity index (χ2n) is 8.20. The van der Waals surface area contributed by atoms with Crippen molar-refractivity contribution < 1.29 is 28.8 Å². The van der Waals surface area contributed by atoms with Crippen molar-refractivity contribution in [3.05, 3.63) is 71.4 Å². The van der Waals surface area contributed by atoms with Gasteiger partial charge in [0.15, 0.2) is 5.69 Å². The Bertz CT molecular complexity index is 1180. The molecule has 1 saturated carbocycles. The summed E-state index contributed by atoms with van der Waals surface area (Å²) in [5.74, 6) is -1.88. The fraction of sp³-hybridized carbons (Fsp3) is 0.250. The Labute approximate surface area is 188 Å². The van der Waals surface area contributed by atoms with E-state index in [1.807, 2.05) is 36.4 Å². The Kier molecular flexibility index (Phi) is 5.29. The summed E-state index contributed by atoms with van der Waals surface area (Å²) in [6, 6.07) is 17.2. The second-order valence-corrected chi connectivity index (χ2v) is 8.20. The summed E-state index contributed by atoms with van der Waals surface area (Å²) in [5.41, 5.74) is 4.46. The number of carboxylic acid groups (broad SMARTS) is 1. The zero-order chi connectivity index (χ0) is 22.9. The summed E-state index contributed by atoms with van der Waals surface area (Å²) < 4.78 is 10.5. The lowest BCUT2D eigenvalue weighted by Gasteiger charge is -2.32. The van der Waals surface area contributed by atoms with E-state index >= 15 is 0 Å². The minimum Gasteiger partial charge on any atom is -0.481 e. The summed E-state index contributed by atoms with van der Waals surface area (Å²) in [5, 5.41) is 17.7. The average molecular weight is 447 g/mol. The molecule has 3 N–H and O–H groups in total. The maximum atomic E-state index is 12.3. The highest BCUT2D eigenvalue weighted by molar-refractivity contribution is 5.94. The quantitative estimate of drug-likeness (QED) is 0.526. The maximum Gasteiger partial charge on any atom is 0.414 e. The van der Waals surface area contributed by atoms with Crippen LogP contribution in [0, 0.1) is 5.92 Å². The number of hydrogen-bond acceptors (Lipinski definition) is 6. The van der Waals surface area contributed by atoms with Crippen LogP contribution in [0.25, 0.3) is 11.1 Å². The van der Waals surface area contributed by atoms with E-state index in [0.29, 0.717) is 12.8 Å². The number of aromatic nitrogens is 1. The highest BCUT2D eigenvalue weighted by atomic mass is 16.6. The lowest BCUT2D eigenvalue weighted by atomic mass is 9.80. The van der Waals surface area contributed by atoms with Crippen LogP contribution in [-0.2, 0) is 9.53 Å². The number of anilines is 1. The van der Waals surface area contributed by atoms with Crippen molar-refractivity contribution in [2.75, 3.05) is 11.9 Å². The fourth-order valence-electron chi connectivity index (χ4n) is 4.37. The molecule has 33 heavy (non-hydrogen) atoms. The SMILES string of the molecule is O=C(Nc1cc(C(=O)NC2CC(C(=O)O)C2)no1)OCC1c2ccccc2-c2ccccc21. The van der Waals surface area contributed by atoms with Gasteiger partial charge in [-0.25, -0.2) is 4.79 Å². The van der Waals surface area contributed by atoms with Crippen molar-refractivity contribution >= 4 is 23.9 Å². The minimum atomic E-state index is -0.864. The smallest absolute Gasteiger partial charge is 0.414 e. The number of ether oxygens (including phenoxy) is 1. The van der Waals surface area contributed by atoms with Crippen LogP contribution in [0.5, 0.6) is 0 Å². The molecule has 0 saturated heterocycles. The van der Waals surface area contributed by atoms with Crippen LogP contribution in [0.1, 0.15) is 40.4 Å². The van der Waals surface area contributed by atoms with E-state index in [4.69, 9.17) is 14.4 Å². The molecule has 1 aromatic heterocycles. The maximum absolute atomic E-state index is 12.3. The molecule has 9 heteroatoms. The van der Waals surface area contributed by atoms with Gasteiger partial charge in [0.05, 0.1) is 5.92 Å². The van der Waals surface area contributed by atoms with Crippen molar-refractivity contribution in [3.8, 4) is 11.1 Å². The van der Waals surface area contributed by atoms with Crippen molar-refractivity contribution in [2.24, 2.45) is 5.92 Å². The Hall–Kier alpha value is -4.14. The highest BCUT2D eigenvalue weighted by Gasteiger charge is 2.36. The van der Waals surface area contributed by atoms with Crippen LogP contribution in [0.15, 0.2) is 59.1 Å². The number of nitrogens with zero attached hydrogens (tertiary/aromatic N) is 1. The van der Waals surface area contributed by atoms with Gasteiger partial charge < -0.3 is 19.7 Å². The predicted octanol–water partition coefficient (Wildman–Crippen LogP) is 3.63. The van der Waals surface area contributed by atoms with Gasteiger partial charge in [-0.1, -0.05) is 53.7 Å². The zero-order valence-electron chi connectivity index (χ0n) is 17.5. The van der Waals surface area contributed by atoms with Gasteiger partial charge in [-0.05, 0) is 35.1 Å². The predicted molar refractivity (Wildman–Crippen MR) is 117 cm³/mol. The van der Waals surface area contributed by atoms with Crippen LogP contribution in [0.3, 0.4) is 0 Å². The Balaban J connectivity index is 1.16. The monoisotopic (exact) mass is 447 g/mol. The Morgan fingerprint density at radius 3 is 2.30 bits per heavy atom. The van der Waals surface area contributed by atoms with Crippen molar-refractivity contribution in [1.29, 1.82) is 0 Å². The van der Waals surface area contributed by atoms with Gasteiger partial charge in [0.25, 0.3) is 5.91 Å². The summed E-state index contributed by atoms with van der Waals surface area (Å²) in [7, 11) is 0. The third-order valence-corrected chi connectivity index (χ3v) is 6.13. The molecule has 0 bridgehead atoms. The van der Waals surface area contributed by atoms with Gasteiger partial charge in [-0.3, -0.25) is 14.9 Å². The van der Waals surface area contributed by atoms with Crippen molar-refractivity contribution in [2.45, 2.75) is 24.8 Å². The van der Waals surface area contributed by atoms with Gasteiger partial charge >= 0.3 is 12.1 Å². The van der Waals surface area contributed by atoms with Gasteiger partial charge in [0.1, 0.15) is 6.61 Å². The summed E-state index contributed by atoms with van der Waals surface area (Å²) in [6.45, 7) is 0.147. The number of aliphatic carboxylic acids is 1. The molecule has 2 aromatic carbocycles. The number of carboxylic acids is 1. The van der Waals surface area contributed by atoms with Crippen LogP contribution < -0.4 is 10.6 Å². The average Bonchev–Trinajstić information content (AvgIpc) is 3.37. The number of carbonyl (C=O) groups is 3. The second kappa shape index (κ2) is 8.42. The van der Waals surface area contributed by atoms with E-state index in [-0.39, 0.29) is 30.1 Å². The van der Waals surface area contributed by atoms with Crippen molar-refractivity contribution in [1.82, 2.24) is 10.5 Å². The largest absolute Gasteiger partial charge is 0.481 e. The third-order valence-electron chi connectivity index (χ3n) is 6.13. The van der Waals surface area contributed by atoms with Crippen LogP contribution in [0.2, 0.25) is 0 Å². The number of nitrogens with one attached hydrogen (secondary N) is 2. The molecule has 0 atom stereocenters. The molecule has 168 valence electrons. The minimum absolute atomic E-state index is 0.0114. The molecule has 0 radical (unpaired) electrons. The first-order chi connectivity index (χ1) is 16.0. The molecule has 0 spiro atoms. The first kappa shape index (κ1) is 20.7. The lowest BCUT2D eigenvalue weighted by Crippen LogP contribution is -2.46. The van der Waals surface area contributed by atoms with E-state index in [0.717, 1.165) is 22.3 Å².